The van der Waals surface area contributed by atoms with Gasteiger partial charge in [-0.3, -0.25) is 0 Å². The molecule has 0 aliphatic heterocycles. The number of rotatable bonds is 6. The molecule has 0 unspecified atom stereocenters. The third-order valence-electron chi connectivity index (χ3n) is 4.11. The summed E-state index contributed by atoms with van der Waals surface area (Å²) in [5.41, 5.74) is 2.37. The predicted molar refractivity (Wildman–Crippen MR) is 97.8 cm³/mol. The van der Waals surface area contributed by atoms with Crippen molar-refractivity contribution in [3.8, 4) is 5.75 Å². The lowest BCUT2D eigenvalue weighted by Crippen LogP contribution is -1.96. The summed E-state index contributed by atoms with van der Waals surface area (Å²) in [6.45, 7) is 2.46. The molecule has 3 rings (SSSR count). The summed E-state index contributed by atoms with van der Waals surface area (Å²) in [5.74, 6) is -1.05. The van der Waals surface area contributed by atoms with Crippen molar-refractivity contribution in [3.05, 3.63) is 89.5 Å². The second-order valence-electron chi connectivity index (χ2n) is 5.99. The van der Waals surface area contributed by atoms with Gasteiger partial charge in [0.2, 0.25) is 0 Å². The Morgan fingerprint density at radius 1 is 0.840 bits per heavy atom. The van der Waals surface area contributed by atoms with Crippen LogP contribution in [0.2, 0.25) is 0 Å². The van der Waals surface area contributed by atoms with Crippen molar-refractivity contribution in [1.82, 2.24) is 0 Å². The van der Waals surface area contributed by atoms with Gasteiger partial charge in [0, 0.05) is 0 Å². The van der Waals surface area contributed by atoms with Crippen LogP contribution >= 0.6 is 0 Å². The summed E-state index contributed by atoms with van der Waals surface area (Å²) in [4.78, 5) is 0. The summed E-state index contributed by atoms with van der Waals surface area (Å²) in [6.07, 6.45) is 6.29. The molecule has 1 nitrogen and oxygen atoms in total. The summed E-state index contributed by atoms with van der Waals surface area (Å²) in [5, 5.41) is 1.27. The van der Waals surface area contributed by atoms with Gasteiger partial charge in [-0.25, -0.2) is 8.78 Å². The van der Waals surface area contributed by atoms with Crippen molar-refractivity contribution in [2.45, 2.75) is 26.4 Å². The highest BCUT2D eigenvalue weighted by molar-refractivity contribution is 5.84. The summed E-state index contributed by atoms with van der Waals surface area (Å²) >= 11 is 0. The molecule has 25 heavy (non-hydrogen) atoms. The van der Waals surface area contributed by atoms with Crippen LogP contribution < -0.4 is 4.74 Å². The van der Waals surface area contributed by atoms with Crippen LogP contribution in [0.4, 0.5) is 8.78 Å². The van der Waals surface area contributed by atoms with Crippen LogP contribution in [0.3, 0.4) is 0 Å². The van der Waals surface area contributed by atoms with Crippen LogP contribution in [-0.2, 0) is 13.0 Å². The van der Waals surface area contributed by atoms with Gasteiger partial charge in [0.15, 0.2) is 11.6 Å². The van der Waals surface area contributed by atoms with Crippen LogP contribution in [0.5, 0.6) is 5.75 Å². The maximum Gasteiger partial charge on any atom is 0.159 e. The van der Waals surface area contributed by atoms with Gasteiger partial charge in [0.25, 0.3) is 0 Å². The Bertz CT molecular complexity index is 882. The third kappa shape index (κ3) is 4.44. The summed E-state index contributed by atoms with van der Waals surface area (Å²) < 4.78 is 32.4. The number of allylic oxidation sites excluding steroid dienone is 2. The topological polar surface area (TPSA) is 9.23 Å². The van der Waals surface area contributed by atoms with Crippen LogP contribution in [0, 0.1) is 11.6 Å². The molecular formula is C22H20F2O. The molecule has 3 aromatic carbocycles. The van der Waals surface area contributed by atoms with E-state index in [2.05, 4.69) is 36.4 Å². The van der Waals surface area contributed by atoms with Gasteiger partial charge in [-0.2, -0.15) is 0 Å². The maximum absolute atomic E-state index is 13.4. The van der Waals surface area contributed by atoms with E-state index in [4.69, 9.17) is 4.74 Å². The van der Waals surface area contributed by atoms with E-state index in [0.29, 0.717) is 23.1 Å². The largest absolute Gasteiger partial charge is 0.489 e. The minimum atomic E-state index is -0.849. The van der Waals surface area contributed by atoms with Crippen LogP contribution in [0.1, 0.15) is 24.5 Å². The average Bonchev–Trinajstić information content (AvgIpc) is 2.62. The minimum Gasteiger partial charge on any atom is -0.489 e. The Labute approximate surface area is 146 Å². The second kappa shape index (κ2) is 7.93. The quantitative estimate of drug-likeness (QED) is 0.486. The SMILES string of the molecule is C/C=C/CCc1ccc(COc2ccc3cc(F)c(F)cc3c2)cc1. The normalized spacial score (nSPS) is 11.3. The van der Waals surface area contributed by atoms with Crippen molar-refractivity contribution >= 4 is 10.8 Å². The number of aryl methyl sites for hydroxylation is 1. The molecule has 0 aliphatic rings. The van der Waals surface area contributed by atoms with E-state index in [0.717, 1.165) is 18.4 Å². The zero-order chi connectivity index (χ0) is 17.6. The van der Waals surface area contributed by atoms with Gasteiger partial charge < -0.3 is 4.74 Å². The van der Waals surface area contributed by atoms with E-state index >= 15 is 0 Å². The molecule has 0 aliphatic carbocycles. The number of ether oxygens (including phenoxy) is 1. The fraction of sp³-hybridized carbons (Fsp3) is 0.182. The second-order valence-corrected chi connectivity index (χ2v) is 5.99. The van der Waals surface area contributed by atoms with E-state index in [1.165, 1.54) is 17.7 Å². The molecule has 3 aromatic rings. The highest BCUT2D eigenvalue weighted by Crippen LogP contribution is 2.24. The first-order valence-corrected chi connectivity index (χ1v) is 8.36. The Kier molecular flexibility index (Phi) is 5.44. The first kappa shape index (κ1) is 17.2. The Morgan fingerprint density at radius 2 is 1.52 bits per heavy atom. The highest BCUT2D eigenvalue weighted by Gasteiger charge is 2.05. The average molecular weight is 338 g/mol. The van der Waals surface area contributed by atoms with Crippen molar-refractivity contribution in [1.29, 1.82) is 0 Å². The van der Waals surface area contributed by atoms with Crippen molar-refractivity contribution in [2.75, 3.05) is 0 Å². The lowest BCUT2D eigenvalue weighted by atomic mass is 10.1. The van der Waals surface area contributed by atoms with E-state index in [1.54, 1.807) is 18.2 Å². The van der Waals surface area contributed by atoms with Crippen molar-refractivity contribution < 1.29 is 13.5 Å². The molecule has 0 saturated carbocycles. The first-order chi connectivity index (χ1) is 12.2. The number of halogens is 2. The van der Waals surface area contributed by atoms with Crippen LogP contribution in [-0.4, -0.2) is 0 Å². The van der Waals surface area contributed by atoms with Gasteiger partial charge in [0.1, 0.15) is 12.4 Å². The summed E-state index contributed by atoms with van der Waals surface area (Å²) in [7, 11) is 0. The fourth-order valence-electron chi connectivity index (χ4n) is 2.70. The van der Waals surface area contributed by atoms with Gasteiger partial charge in [0.05, 0.1) is 0 Å². The van der Waals surface area contributed by atoms with Gasteiger partial charge in [-0.05, 0) is 65.9 Å². The van der Waals surface area contributed by atoms with Gasteiger partial charge >= 0.3 is 0 Å². The molecule has 0 spiro atoms. The lowest BCUT2D eigenvalue weighted by molar-refractivity contribution is 0.306. The molecule has 0 N–H and O–H groups in total. The number of fused-ring (bicyclic) bond motifs is 1. The molecule has 0 fully saturated rings. The van der Waals surface area contributed by atoms with E-state index in [-0.39, 0.29) is 0 Å². The molecular weight excluding hydrogens is 318 g/mol. The number of benzene rings is 3. The molecule has 0 amide bonds. The van der Waals surface area contributed by atoms with E-state index in [1.807, 2.05) is 6.92 Å². The smallest absolute Gasteiger partial charge is 0.159 e. The van der Waals surface area contributed by atoms with Crippen molar-refractivity contribution in [3.63, 3.8) is 0 Å². The predicted octanol–water partition coefficient (Wildman–Crippen LogP) is 6.21. The Balaban J connectivity index is 1.65. The molecule has 3 heteroatoms. The first-order valence-electron chi connectivity index (χ1n) is 8.36. The molecule has 128 valence electrons. The van der Waals surface area contributed by atoms with Crippen LogP contribution in [0.25, 0.3) is 10.8 Å². The standard InChI is InChI=1S/C22H20F2O/c1-2-3-4-5-16-6-8-17(9-7-16)15-25-20-11-10-18-13-21(23)22(24)14-19(18)12-20/h2-3,6-14H,4-5,15H2,1H3/b3-2+. The third-order valence-corrected chi connectivity index (χ3v) is 4.11. The molecule has 0 atom stereocenters. The maximum atomic E-state index is 13.4. The van der Waals surface area contributed by atoms with Gasteiger partial charge in [-0.15, -0.1) is 0 Å². The fourth-order valence-corrected chi connectivity index (χ4v) is 2.70. The minimum absolute atomic E-state index is 0.435. The van der Waals surface area contributed by atoms with E-state index in [9.17, 15) is 8.78 Å². The molecule has 0 radical (unpaired) electrons. The number of hydrogen-bond donors (Lipinski definition) is 0. The molecule has 0 heterocycles. The molecule has 0 bridgehead atoms. The Hall–Kier alpha value is -2.68. The highest BCUT2D eigenvalue weighted by atomic mass is 19.2. The van der Waals surface area contributed by atoms with E-state index < -0.39 is 11.6 Å². The van der Waals surface area contributed by atoms with Crippen molar-refractivity contribution in [2.24, 2.45) is 0 Å². The van der Waals surface area contributed by atoms with Gasteiger partial charge in [-0.1, -0.05) is 42.5 Å². The lowest BCUT2D eigenvalue weighted by Gasteiger charge is -2.08. The molecule has 0 saturated heterocycles. The zero-order valence-electron chi connectivity index (χ0n) is 14.1. The van der Waals surface area contributed by atoms with Crippen LogP contribution in [0.15, 0.2) is 66.7 Å². The Morgan fingerprint density at radius 3 is 2.24 bits per heavy atom. The monoisotopic (exact) mass is 338 g/mol. The zero-order valence-corrected chi connectivity index (χ0v) is 14.1. The molecule has 0 aromatic heterocycles. The number of hydrogen-bond acceptors (Lipinski definition) is 1. The summed E-state index contributed by atoms with van der Waals surface area (Å²) in [6, 6.07) is 16.0.